The third-order valence-corrected chi connectivity index (χ3v) is 9.60. The summed E-state index contributed by atoms with van der Waals surface area (Å²) in [6, 6.07) is 34.7. The maximum atomic E-state index is 11.6. The van der Waals surface area contributed by atoms with E-state index in [1.165, 1.54) is 40.6 Å². The summed E-state index contributed by atoms with van der Waals surface area (Å²) in [7, 11) is 0.575. The molecule has 0 radical (unpaired) electrons. The van der Waals surface area contributed by atoms with E-state index in [2.05, 4.69) is 137 Å². The molecule has 3 heteroatoms. The van der Waals surface area contributed by atoms with E-state index in [1.54, 1.807) is 0 Å². The second kappa shape index (κ2) is 14.0. The molecule has 40 heavy (non-hydrogen) atoms. The zero-order valence-corrected chi connectivity index (χ0v) is 26.0. The number of phenols is 1. The number of rotatable bonds is 12. The van der Waals surface area contributed by atoms with E-state index in [0.717, 1.165) is 36.9 Å². The Morgan fingerprint density at radius 1 is 0.750 bits per heavy atom. The summed E-state index contributed by atoms with van der Waals surface area (Å²) < 4.78 is 0. The Labute approximate surface area is 244 Å². The normalized spacial score (nSPS) is 12.6. The molecule has 0 heterocycles. The van der Waals surface area contributed by atoms with Gasteiger partial charge in [-0.25, -0.2) is 0 Å². The molecule has 0 fully saturated rings. The lowest BCUT2D eigenvalue weighted by atomic mass is 9.83. The number of benzene rings is 4. The number of nitrogens with zero attached hydrogens (tertiary/aromatic N) is 1. The van der Waals surface area contributed by atoms with Crippen molar-refractivity contribution < 1.29 is 5.11 Å². The van der Waals surface area contributed by atoms with E-state index in [1.807, 2.05) is 0 Å². The largest absolute Gasteiger partial charge is 0.507 e. The van der Waals surface area contributed by atoms with E-state index < -0.39 is 0 Å². The summed E-state index contributed by atoms with van der Waals surface area (Å²) in [4.78, 5) is 2.40. The molecule has 4 aromatic carbocycles. The minimum absolute atomic E-state index is 0.0349. The zero-order chi connectivity index (χ0) is 28.5. The average Bonchev–Trinajstić information content (AvgIpc) is 2.96. The lowest BCUT2D eigenvalue weighted by Crippen LogP contribution is -2.20. The summed E-state index contributed by atoms with van der Waals surface area (Å²) in [6.45, 7) is 12.1. The van der Waals surface area contributed by atoms with Crippen molar-refractivity contribution in [2.24, 2.45) is 0 Å². The average molecular weight is 552 g/mol. The SMILES string of the molecule is CCCCCc1cc(C(C)(C)C)cc(C(CC)Pc2ccccc2CN(c2ccccc2)c2ccccc2)c1O. The van der Waals surface area contributed by atoms with Gasteiger partial charge in [0, 0.05) is 29.1 Å². The van der Waals surface area contributed by atoms with Crippen LogP contribution < -0.4 is 10.2 Å². The van der Waals surface area contributed by atoms with Crippen molar-refractivity contribution in [1.29, 1.82) is 0 Å². The van der Waals surface area contributed by atoms with Crippen LogP contribution in [-0.4, -0.2) is 5.11 Å². The van der Waals surface area contributed by atoms with Gasteiger partial charge in [0.2, 0.25) is 0 Å². The third kappa shape index (κ3) is 7.55. The van der Waals surface area contributed by atoms with Crippen molar-refractivity contribution in [2.75, 3.05) is 4.90 Å². The third-order valence-electron chi connectivity index (χ3n) is 7.73. The Morgan fingerprint density at radius 2 is 1.35 bits per heavy atom. The van der Waals surface area contributed by atoms with E-state index in [-0.39, 0.29) is 11.1 Å². The van der Waals surface area contributed by atoms with Crippen LogP contribution >= 0.6 is 8.58 Å². The summed E-state index contributed by atoms with van der Waals surface area (Å²) in [6.07, 6.45) is 5.43. The molecule has 0 spiro atoms. The number of aryl methyl sites for hydroxylation is 1. The fourth-order valence-corrected chi connectivity index (χ4v) is 6.77. The van der Waals surface area contributed by atoms with Crippen LogP contribution in [0, 0.1) is 0 Å². The number of aromatic hydroxyl groups is 1. The van der Waals surface area contributed by atoms with Gasteiger partial charge in [0.05, 0.1) is 0 Å². The van der Waals surface area contributed by atoms with Crippen molar-refractivity contribution in [2.45, 2.75) is 84.3 Å². The summed E-state index contributed by atoms with van der Waals surface area (Å²) in [5.41, 5.74) is 7.58. The maximum Gasteiger partial charge on any atom is 0.122 e. The van der Waals surface area contributed by atoms with Crippen LogP contribution in [0.25, 0.3) is 0 Å². The van der Waals surface area contributed by atoms with Crippen LogP contribution in [0.1, 0.15) is 88.2 Å². The molecule has 0 saturated heterocycles. The van der Waals surface area contributed by atoms with Gasteiger partial charge in [-0.15, -0.1) is 0 Å². The van der Waals surface area contributed by atoms with Gasteiger partial charge in [0.15, 0.2) is 0 Å². The van der Waals surface area contributed by atoms with Crippen LogP contribution in [0.3, 0.4) is 0 Å². The van der Waals surface area contributed by atoms with Crippen molar-refractivity contribution >= 4 is 25.3 Å². The van der Waals surface area contributed by atoms with E-state index >= 15 is 0 Å². The van der Waals surface area contributed by atoms with Crippen molar-refractivity contribution in [3.8, 4) is 5.75 Å². The first-order valence-electron chi connectivity index (χ1n) is 14.9. The number of para-hydroxylation sites is 2. The number of hydrogen-bond acceptors (Lipinski definition) is 2. The van der Waals surface area contributed by atoms with Crippen LogP contribution in [-0.2, 0) is 18.4 Å². The molecule has 0 amide bonds. The highest BCUT2D eigenvalue weighted by Crippen LogP contribution is 2.45. The first kappa shape index (κ1) is 29.9. The minimum atomic E-state index is 0.0349. The molecule has 0 aliphatic heterocycles. The molecule has 1 N–H and O–H groups in total. The van der Waals surface area contributed by atoms with Crippen molar-refractivity contribution in [1.82, 2.24) is 0 Å². The molecule has 2 nitrogen and oxygen atoms in total. The fourth-order valence-electron chi connectivity index (χ4n) is 5.28. The lowest BCUT2D eigenvalue weighted by molar-refractivity contribution is 0.456. The Balaban J connectivity index is 1.69. The molecule has 0 saturated carbocycles. The Hall–Kier alpha value is -3.09. The highest BCUT2D eigenvalue weighted by atomic mass is 31.1. The molecule has 2 atom stereocenters. The second-order valence-corrected chi connectivity index (χ2v) is 13.3. The minimum Gasteiger partial charge on any atom is -0.507 e. The summed E-state index contributed by atoms with van der Waals surface area (Å²) in [5.74, 6) is 0.524. The van der Waals surface area contributed by atoms with E-state index in [9.17, 15) is 5.11 Å². The molecule has 2 unspecified atom stereocenters. The molecular formula is C37H46NOP. The first-order valence-corrected chi connectivity index (χ1v) is 16.0. The highest BCUT2D eigenvalue weighted by molar-refractivity contribution is 7.47. The number of hydrogen-bond donors (Lipinski definition) is 1. The molecule has 0 aliphatic rings. The molecule has 0 bridgehead atoms. The standard InChI is InChI=1S/C37H46NOP/c1-6-8-11-18-28-25-30(37(3,4)5)26-33(36(28)39)34(7-2)40-35-24-17-16-19-29(35)27-38(31-20-12-9-13-21-31)32-22-14-10-15-23-32/h9-10,12-17,19-26,34,39-40H,6-8,11,18,27H2,1-5H3. The van der Waals surface area contributed by atoms with Gasteiger partial charge >= 0.3 is 0 Å². The van der Waals surface area contributed by atoms with Crippen molar-refractivity contribution in [3.05, 3.63) is 119 Å². The Kier molecular flexibility index (Phi) is 10.5. The fraction of sp³-hybridized carbons (Fsp3) is 0.351. The molecule has 210 valence electrons. The van der Waals surface area contributed by atoms with Crippen LogP contribution in [0.15, 0.2) is 97.1 Å². The van der Waals surface area contributed by atoms with Gasteiger partial charge < -0.3 is 10.0 Å². The molecular weight excluding hydrogens is 505 g/mol. The highest BCUT2D eigenvalue weighted by Gasteiger charge is 2.24. The van der Waals surface area contributed by atoms with Gasteiger partial charge in [0.25, 0.3) is 0 Å². The van der Waals surface area contributed by atoms with E-state index in [0.29, 0.717) is 14.3 Å². The molecule has 0 aromatic heterocycles. The summed E-state index contributed by atoms with van der Waals surface area (Å²) in [5, 5.41) is 12.9. The van der Waals surface area contributed by atoms with E-state index in [4.69, 9.17) is 0 Å². The van der Waals surface area contributed by atoms with Crippen LogP contribution in [0.2, 0.25) is 0 Å². The monoisotopic (exact) mass is 551 g/mol. The predicted octanol–water partition coefficient (Wildman–Crippen LogP) is 10.2. The van der Waals surface area contributed by atoms with Gasteiger partial charge in [-0.1, -0.05) is 129 Å². The first-order chi connectivity index (χ1) is 19.3. The number of anilines is 2. The second-order valence-electron chi connectivity index (χ2n) is 11.8. The molecule has 0 aliphatic carbocycles. The van der Waals surface area contributed by atoms with Crippen LogP contribution in [0.5, 0.6) is 5.75 Å². The van der Waals surface area contributed by atoms with Gasteiger partial charge in [-0.05, 0) is 70.9 Å². The Morgan fingerprint density at radius 3 is 1.93 bits per heavy atom. The quantitative estimate of drug-likeness (QED) is 0.140. The predicted molar refractivity (Wildman–Crippen MR) is 176 cm³/mol. The van der Waals surface area contributed by atoms with Gasteiger partial charge in [-0.2, -0.15) is 0 Å². The van der Waals surface area contributed by atoms with Gasteiger partial charge in [0.1, 0.15) is 5.75 Å². The summed E-state index contributed by atoms with van der Waals surface area (Å²) >= 11 is 0. The lowest BCUT2D eigenvalue weighted by Gasteiger charge is -2.28. The van der Waals surface area contributed by atoms with Gasteiger partial charge in [-0.3, -0.25) is 0 Å². The molecule has 4 rings (SSSR count). The topological polar surface area (TPSA) is 23.5 Å². The van der Waals surface area contributed by atoms with Crippen molar-refractivity contribution in [3.63, 3.8) is 0 Å². The maximum absolute atomic E-state index is 11.6. The Bertz CT molecular complexity index is 1300. The smallest absolute Gasteiger partial charge is 0.122 e. The van der Waals surface area contributed by atoms with Crippen LogP contribution in [0.4, 0.5) is 11.4 Å². The molecule has 4 aromatic rings. The number of unbranched alkanes of at least 4 members (excludes halogenated alkanes) is 2. The zero-order valence-electron chi connectivity index (χ0n) is 25.0. The number of phenolic OH excluding ortho intramolecular Hbond substituents is 1.